The summed E-state index contributed by atoms with van der Waals surface area (Å²) in [6, 6.07) is 7.14. The van der Waals surface area contributed by atoms with E-state index in [-0.39, 0.29) is 20.4 Å². The highest BCUT2D eigenvalue weighted by molar-refractivity contribution is 9.11. The number of halogens is 2. The summed E-state index contributed by atoms with van der Waals surface area (Å²) in [5.74, 6) is 1.12. The summed E-state index contributed by atoms with van der Waals surface area (Å²) in [5.41, 5.74) is 0. The Labute approximate surface area is 119 Å². The van der Waals surface area contributed by atoms with Crippen LogP contribution in [0.5, 0.6) is 34.5 Å². The van der Waals surface area contributed by atoms with Crippen molar-refractivity contribution in [2.24, 2.45) is 0 Å². The Bertz CT molecular complexity index is 599. The van der Waals surface area contributed by atoms with Crippen LogP contribution in [0.1, 0.15) is 0 Å². The molecule has 0 bridgehead atoms. The third-order valence-electron chi connectivity index (χ3n) is 2.52. The molecule has 0 fully saturated rings. The number of hydrogen-bond donors (Lipinski definition) is 2. The third kappa shape index (κ3) is 1.56. The van der Waals surface area contributed by atoms with Gasteiger partial charge in [-0.3, -0.25) is 0 Å². The molecular formula is C12H6Br2O4. The zero-order chi connectivity index (χ0) is 12.9. The molecule has 0 aliphatic carbocycles. The second-order valence-electron chi connectivity index (χ2n) is 3.63. The molecule has 92 valence electrons. The van der Waals surface area contributed by atoms with E-state index in [1.54, 1.807) is 12.1 Å². The Kier molecular flexibility index (Phi) is 2.64. The van der Waals surface area contributed by atoms with E-state index in [9.17, 15) is 10.2 Å². The van der Waals surface area contributed by atoms with Gasteiger partial charge >= 0.3 is 0 Å². The van der Waals surface area contributed by atoms with E-state index in [0.717, 1.165) is 0 Å². The molecule has 1 heterocycles. The molecule has 0 saturated heterocycles. The third-order valence-corrected chi connectivity index (χ3v) is 3.99. The van der Waals surface area contributed by atoms with Crippen LogP contribution >= 0.6 is 31.9 Å². The maximum absolute atomic E-state index is 9.73. The fourth-order valence-corrected chi connectivity index (χ4v) is 2.54. The maximum atomic E-state index is 9.73. The molecule has 4 nitrogen and oxygen atoms in total. The molecule has 6 heteroatoms. The molecule has 0 amide bonds. The SMILES string of the molecule is Oc1c(O)c(Br)c2c(c1Br)Oc1ccccc1O2. The lowest BCUT2D eigenvalue weighted by molar-refractivity contribution is 0.340. The minimum absolute atomic E-state index is 0.243. The normalized spacial score (nSPS) is 12.1. The summed E-state index contributed by atoms with van der Waals surface area (Å²) in [7, 11) is 0. The number of hydrogen-bond acceptors (Lipinski definition) is 4. The zero-order valence-electron chi connectivity index (χ0n) is 8.78. The summed E-state index contributed by atoms with van der Waals surface area (Å²) in [4.78, 5) is 0. The summed E-state index contributed by atoms with van der Waals surface area (Å²) in [5, 5.41) is 19.5. The average Bonchev–Trinajstić information content (AvgIpc) is 2.41. The predicted molar refractivity (Wildman–Crippen MR) is 71.8 cm³/mol. The van der Waals surface area contributed by atoms with Crippen LogP contribution in [0.2, 0.25) is 0 Å². The topological polar surface area (TPSA) is 58.9 Å². The minimum atomic E-state index is -0.302. The van der Waals surface area contributed by atoms with Crippen molar-refractivity contribution in [3.8, 4) is 34.5 Å². The van der Waals surface area contributed by atoms with Crippen LogP contribution in [0.25, 0.3) is 0 Å². The maximum Gasteiger partial charge on any atom is 0.189 e. The van der Waals surface area contributed by atoms with Crippen LogP contribution in [0.4, 0.5) is 0 Å². The van der Waals surface area contributed by atoms with E-state index < -0.39 is 0 Å². The molecule has 0 spiro atoms. The smallest absolute Gasteiger partial charge is 0.189 e. The summed E-state index contributed by atoms with van der Waals surface area (Å²) >= 11 is 6.33. The van der Waals surface area contributed by atoms with Gasteiger partial charge in [0.2, 0.25) is 0 Å². The molecule has 2 N–H and O–H groups in total. The van der Waals surface area contributed by atoms with Crippen molar-refractivity contribution in [2.45, 2.75) is 0 Å². The average molecular weight is 374 g/mol. The van der Waals surface area contributed by atoms with Gasteiger partial charge in [0.15, 0.2) is 34.5 Å². The van der Waals surface area contributed by atoms with Crippen molar-refractivity contribution in [3.05, 3.63) is 33.2 Å². The van der Waals surface area contributed by atoms with Gasteiger partial charge < -0.3 is 19.7 Å². The van der Waals surface area contributed by atoms with Crippen molar-refractivity contribution >= 4 is 31.9 Å². The van der Waals surface area contributed by atoms with E-state index in [1.807, 2.05) is 12.1 Å². The van der Waals surface area contributed by atoms with E-state index in [4.69, 9.17) is 9.47 Å². The van der Waals surface area contributed by atoms with E-state index in [1.165, 1.54) is 0 Å². The van der Waals surface area contributed by atoms with Gasteiger partial charge in [0, 0.05) is 0 Å². The Morgan fingerprint density at radius 2 is 1.17 bits per heavy atom. The van der Waals surface area contributed by atoms with Crippen molar-refractivity contribution in [3.63, 3.8) is 0 Å². The van der Waals surface area contributed by atoms with E-state index in [0.29, 0.717) is 23.0 Å². The standard InChI is InChI=1S/C12H6Br2O4/c13-7-9(15)10(16)8(14)12-11(7)17-5-3-1-2-4-6(5)18-12/h1-4,15-16H. The molecule has 0 aromatic heterocycles. The first-order valence-corrected chi connectivity index (χ1v) is 6.56. The molecule has 2 aromatic carbocycles. The Morgan fingerprint density at radius 3 is 1.56 bits per heavy atom. The number of para-hydroxylation sites is 2. The minimum Gasteiger partial charge on any atom is -0.503 e. The van der Waals surface area contributed by atoms with Crippen LogP contribution < -0.4 is 9.47 Å². The molecule has 0 saturated carbocycles. The number of phenolic OH excluding ortho intramolecular Hbond substituents is 2. The Hall–Kier alpha value is -1.40. The van der Waals surface area contributed by atoms with Gasteiger partial charge in [0.25, 0.3) is 0 Å². The molecule has 3 rings (SSSR count). The number of aromatic hydroxyl groups is 2. The lowest BCUT2D eigenvalue weighted by atomic mass is 10.2. The van der Waals surface area contributed by atoms with Crippen molar-refractivity contribution < 1.29 is 19.7 Å². The first kappa shape index (κ1) is 11.7. The van der Waals surface area contributed by atoms with Crippen molar-refractivity contribution in [1.82, 2.24) is 0 Å². The number of rotatable bonds is 0. The van der Waals surface area contributed by atoms with Gasteiger partial charge in [-0.25, -0.2) is 0 Å². The number of fused-ring (bicyclic) bond motifs is 2. The zero-order valence-corrected chi connectivity index (χ0v) is 11.9. The quantitative estimate of drug-likeness (QED) is 0.569. The fraction of sp³-hybridized carbons (Fsp3) is 0. The van der Waals surface area contributed by atoms with Crippen LogP contribution in [-0.4, -0.2) is 10.2 Å². The van der Waals surface area contributed by atoms with Gasteiger partial charge in [0.05, 0.1) is 0 Å². The Balaban J connectivity index is 2.25. The highest BCUT2D eigenvalue weighted by atomic mass is 79.9. The lowest BCUT2D eigenvalue weighted by Gasteiger charge is -2.23. The van der Waals surface area contributed by atoms with Crippen molar-refractivity contribution in [1.29, 1.82) is 0 Å². The second-order valence-corrected chi connectivity index (χ2v) is 5.22. The molecule has 1 aliphatic rings. The molecule has 0 radical (unpaired) electrons. The number of phenols is 2. The monoisotopic (exact) mass is 372 g/mol. The van der Waals surface area contributed by atoms with Crippen LogP contribution in [0.15, 0.2) is 33.2 Å². The summed E-state index contributed by atoms with van der Waals surface area (Å²) < 4.78 is 11.8. The highest BCUT2D eigenvalue weighted by Crippen LogP contribution is 2.58. The van der Waals surface area contributed by atoms with E-state index >= 15 is 0 Å². The lowest BCUT2D eigenvalue weighted by Crippen LogP contribution is -2.00. The molecule has 1 aliphatic heterocycles. The predicted octanol–water partition coefficient (Wildman–Crippen LogP) is 4.52. The van der Waals surface area contributed by atoms with Gasteiger partial charge in [-0.1, -0.05) is 12.1 Å². The number of benzene rings is 2. The number of ether oxygens (including phenoxy) is 2. The molecule has 0 unspecified atom stereocenters. The van der Waals surface area contributed by atoms with Gasteiger partial charge in [0.1, 0.15) is 8.95 Å². The Morgan fingerprint density at radius 1 is 0.778 bits per heavy atom. The second kappa shape index (κ2) is 4.07. The molecule has 18 heavy (non-hydrogen) atoms. The fourth-order valence-electron chi connectivity index (χ4n) is 1.64. The molecule has 0 atom stereocenters. The summed E-state index contributed by atoms with van der Waals surface area (Å²) in [6.07, 6.45) is 0. The van der Waals surface area contributed by atoms with Gasteiger partial charge in [-0.15, -0.1) is 0 Å². The molecule has 2 aromatic rings. The van der Waals surface area contributed by atoms with Crippen LogP contribution in [0.3, 0.4) is 0 Å². The largest absolute Gasteiger partial charge is 0.503 e. The van der Waals surface area contributed by atoms with E-state index in [2.05, 4.69) is 31.9 Å². The molecular weight excluding hydrogens is 368 g/mol. The van der Waals surface area contributed by atoms with Crippen molar-refractivity contribution in [2.75, 3.05) is 0 Å². The first-order valence-electron chi connectivity index (χ1n) is 4.97. The first-order chi connectivity index (χ1) is 8.59. The highest BCUT2D eigenvalue weighted by Gasteiger charge is 2.29. The van der Waals surface area contributed by atoms with Crippen LogP contribution in [0, 0.1) is 0 Å². The summed E-state index contributed by atoms with van der Waals surface area (Å²) in [6.45, 7) is 0. The van der Waals surface area contributed by atoms with Gasteiger partial charge in [-0.05, 0) is 44.0 Å². The van der Waals surface area contributed by atoms with Crippen LogP contribution in [-0.2, 0) is 0 Å². The van der Waals surface area contributed by atoms with Gasteiger partial charge in [-0.2, -0.15) is 0 Å².